The number of allylic oxidation sites excluding steroid dienone is 2. The van der Waals surface area contributed by atoms with Gasteiger partial charge in [-0.2, -0.15) is 0 Å². The van der Waals surface area contributed by atoms with Crippen molar-refractivity contribution in [3.8, 4) is 0 Å². The molecule has 0 aliphatic rings. The summed E-state index contributed by atoms with van der Waals surface area (Å²) in [5, 5.41) is 0. The number of hydrogen-bond acceptors (Lipinski definition) is 3. The van der Waals surface area contributed by atoms with Gasteiger partial charge in [0.05, 0.1) is 12.7 Å². The van der Waals surface area contributed by atoms with E-state index in [0.717, 1.165) is 19.3 Å². The normalized spacial score (nSPS) is 14.3. The molecule has 1 atom stereocenters. The van der Waals surface area contributed by atoms with Gasteiger partial charge in [-0.05, 0) is 46.0 Å². The molecule has 26 heavy (non-hydrogen) atoms. The van der Waals surface area contributed by atoms with Gasteiger partial charge in [-0.25, -0.2) is 4.57 Å². The lowest BCUT2D eigenvalue weighted by Gasteiger charge is -2.14. The van der Waals surface area contributed by atoms with Gasteiger partial charge in [0.2, 0.25) is 0 Å². The van der Waals surface area contributed by atoms with Crippen LogP contribution in [0.15, 0.2) is 12.2 Å². The lowest BCUT2D eigenvalue weighted by molar-refractivity contribution is 0.119. The topological polar surface area (TPSA) is 55.8 Å². The van der Waals surface area contributed by atoms with E-state index in [1.165, 1.54) is 70.6 Å². The fraction of sp³-hybridized carbons (Fsp3) is 0.905. The van der Waals surface area contributed by atoms with Crippen LogP contribution in [-0.4, -0.2) is 17.6 Å². The molecule has 0 aromatic heterocycles. The molecule has 0 saturated heterocycles. The molecule has 0 bridgehead atoms. The molecule has 0 aromatic rings. The number of rotatable bonds is 19. The van der Waals surface area contributed by atoms with E-state index in [1.807, 2.05) is 0 Å². The Balaban J connectivity index is 3.26. The molecule has 0 saturated carbocycles. The zero-order chi connectivity index (χ0) is 19.5. The van der Waals surface area contributed by atoms with Crippen LogP contribution < -0.4 is 0 Å². The summed E-state index contributed by atoms with van der Waals surface area (Å²) in [6.07, 6.45) is 21.8. The third-order valence-corrected chi connectivity index (χ3v) is 5.45. The zero-order valence-corrected chi connectivity index (χ0v) is 18.4. The molecule has 0 amide bonds. The molecule has 0 aliphatic carbocycles. The fourth-order valence-corrected chi connectivity index (χ4v) is 3.78. The highest BCUT2D eigenvalue weighted by molar-refractivity contribution is 7.47. The number of phosphoric ester groups is 1. The number of unbranched alkanes of at least 4 members (excludes halogenated alkanes) is 12. The van der Waals surface area contributed by atoms with E-state index in [9.17, 15) is 9.46 Å². The Hall–Kier alpha value is -0.150. The molecule has 156 valence electrons. The minimum atomic E-state index is -3.85. The summed E-state index contributed by atoms with van der Waals surface area (Å²) in [5.74, 6) is 0. The van der Waals surface area contributed by atoms with Crippen molar-refractivity contribution in [2.45, 2.75) is 117 Å². The van der Waals surface area contributed by atoms with Crippen LogP contribution in [0.3, 0.4) is 0 Å². The van der Waals surface area contributed by atoms with E-state index in [-0.39, 0.29) is 6.10 Å². The van der Waals surface area contributed by atoms with Gasteiger partial charge in [0.1, 0.15) is 0 Å². The van der Waals surface area contributed by atoms with Crippen LogP contribution in [0.4, 0.5) is 0 Å². The molecule has 0 fully saturated rings. The highest BCUT2D eigenvalue weighted by Gasteiger charge is 2.21. The predicted molar refractivity (Wildman–Crippen MR) is 111 cm³/mol. The van der Waals surface area contributed by atoms with Crippen molar-refractivity contribution in [3.63, 3.8) is 0 Å². The van der Waals surface area contributed by atoms with Gasteiger partial charge < -0.3 is 4.89 Å². The Labute approximate surface area is 162 Å². The highest BCUT2D eigenvalue weighted by Crippen LogP contribution is 2.44. The second-order valence-corrected chi connectivity index (χ2v) is 8.80. The molecule has 0 spiro atoms. The largest absolute Gasteiger partial charge is 0.472 e. The average Bonchev–Trinajstić information content (AvgIpc) is 2.56. The van der Waals surface area contributed by atoms with Gasteiger partial charge in [0.15, 0.2) is 0 Å². The van der Waals surface area contributed by atoms with Crippen LogP contribution in [-0.2, 0) is 13.6 Å². The first-order valence-corrected chi connectivity index (χ1v) is 12.3. The first kappa shape index (κ1) is 25.9. The third-order valence-electron chi connectivity index (χ3n) is 4.25. The van der Waals surface area contributed by atoms with E-state index in [2.05, 4.69) is 19.1 Å². The van der Waals surface area contributed by atoms with Crippen LogP contribution >= 0.6 is 7.82 Å². The summed E-state index contributed by atoms with van der Waals surface area (Å²) in [6.45, 7) is 5.99. The van der Waals surface area contributed by atoms with Crippen LogP contribution in [0, 0.1) is 0 Å². The van der Waals surface area contributed by atoms with E-state index < -0.39 is 7.82 Å². The molecular formula is C21H43O4P. The maximum absolute atomic E-state index is 11.5. The fourth-order valence-electron chi connectivity index (χ4n) is 2.83. The van der Waals surface area contributed by atoms with Crippen molar-refractivity contribution in [1.29, 1.82) is 0 Å². The molecule has 0 aromatic carbocycles. The van der Waals surface area contributed by atoms with Gasteiger partial charge in [0.25, 0.3) is 0 Å². The smallest absolute Gasteiger partial charge is 0.302 e. The lowest BCUT2D eigenvalue weighted by Crippen LogP contribution is -2.03. The maximum Gasteiger partial charge on any atom is 0.472 e. The minimum Gasteiger partial charge on any atom is -0.302 e. The Morgan fingerprint density at radius 3 is 1.77 bits per heavy atom. The third kappa shape index (κ3) is 20.2. The molecule has 0 aliphatic heterocycles. The summed E-state index contributed by atoms with van der Waals surface area (Å²) in [5.41, 5.74) is 0. The molecular weight excluding hydrogens is 347 g/mol. The Kier molecular flexibility index (Phi) is 18.1. The summed E-state index contributed by atoms with van der Waals surface area (Å²) in [4.78, 5) is 9.42. The second-order valence-electron chi connectivity index (χ2n) is 7.39. The molecule has 5 heteroatoms. The Bertz CT molecular complexity index is 369. The monoisotopic (exact) mass is 390 g/mol. The summed E-state index contributed by atoms with van der Waals surface area (Å²) < 4.78 is 21.3. The van der Waals surface area contributed by atoms with Crippen molar-refractivity contribution < 1.29 is 18.5 Å². The SMILES string of the molecule is CCCCCCCC/C=C\CCCCCCCCOP(=O)(O)OC(C)C. The first-order valence-electron chi connectivity index (χ1n) is 10.8. The molecule has 0 radical (unpaired) electrons. The van der Waals surface area contributed by atoms with Crippen molar-refractivity contribution >= 4 is 7.82 Å². The standard InChI is InChI=1S/C21H43O4P/c1-4-5-6-7-8-9-10-11-12-13-14-15-16-17-18-19-20-24-26(22,23)25-21(2)3/h11-12,21H,4-10,13-20H2,1-3H3,(H,22,23)/b12-11-. The average molecular weight is 391 g/mol. The summed E-state index contributed by atoms with van der Waals surface area (Å²) in [6, 6.07) is 0. The minimum absolute atomic E-state index is 0.293. The van der Waals surface area contributed by atoms with Gasteiger partial charge in [-0.15, -0.1) is 0 Å². The second kappa shape index (κ2) is 18.2. The molecule has 0 heterocycles. The number of phosphoric acid groups is 1. The van der Waals surface area contributed by atoms with Gasteiger partial charge in [0, 0.05) is 0 Å². The van der Waals surface area contributed by atoms with Crippen LogP contribution in [0.5, 0.6) is 0 Å². The van der Waals surface area contributed by atoms with Crippen molar-refractivity contribution in [1.82, 2.24) is 0 Å². The molecule has 1 N–H and O–H groups in total. The van der Waals surface area contributed by atoms with E-state index >= 15 is 0 Å². The van der Waals surface area contributed by atoms with Crippen molar-refractivity contribution in [3.05, 3.63) is 12.2 Å². The first-order chi connectivity index (χ1) is 12.5. The van der Waals surface area contributed by atoms with E-state index in [4.69, 9.17) is 9.05 Å². The molecule has 0 rings (SSSR count). The van der Waals surface area contributed by atoms with E-state index in [1.54, 1.807) is 13.8 Å². The number of hydrogen-bond donors (Lipinski definition) is 1. The van der Waals surface area contributed by atoms with Crippen LogP contribution in [0.25, 0.3) is 0 Å². The van der Waals surface area contributed by atoms with Crippen LogP contribution in [0.1, 0.15) is 111 Å². The van der Waals surface area contributed by atoms with Gasteiger partial charge >= 0.3 is 7.82 Å². The zero-order valence-electron chi connectivity index (χ0n) is 17.5. The van der Waals surface area contributed by atoms with Gasteiger partial charge in [-0.1, -0.05) is 76.9 Å². The van der Waals surface area contributed by atoms with Crippen molar-refractivity contribution in [2.24, 2.45) is 0 Å². The van der Waals surface area contributed by atoms with Crippen molar-refractivity contribution in [2.75, 3.05) is 6.61 Å². The quantitative estimate of drug-likeness (QED) is 0.140. The van der Waals surface area contributed by atoms with Gasteiger partial charge in [-0.3, -0.25) is 9.05 Å². The van der Waals surface area contributed by atoms with E-state index in [0.29, 0.717) is 6.61 Å². The summed E-state index contributed by atoms with van der Waals surface area (Å²) in [7, 11) is -3.85. The predicted octanol–water partition coefficient (Wildman–Crippen LogP) is 7.57. The highest BCUT2D eigenvalue weighted by atomic mass is 31.2. The van der Waals surface area contributed by atoms with Crippen LogP contribution in [0.2, 0.25) is 0 Å². The summed E-state index contributed by atoms with van der Waals surface area (Å²) >= 11 is 0. The molecule has 4 nitrogen and oxygen atoms in total. The lowest BCUT2D eigenvalue weighted by atomic mass is 10.1. The Morgan fingerprint density at radius 2 is 1.27 bits per heavy atom. The maximum atomic E-state index is 11.5. The Morgan fingerprint density at radius 1 is 0.808 bits per heavy atom. The molecule has 1 unspecified atom stereocenters.